The minimum atomic E-state index is -0.958. The highest BCUT2D eigenvalue weighted by molar-refractivity contribution is 5.82. The van der Waals surface area contributed by atoms with Crippen LogP contribution in [0, 0.1) is 23.7 Å². The van der Waals surface area contributed by atoms with Crippen LogP contribution in [0.4, 0.5) is 0 Å². The van der Waals surface area contributed by atoms with Crippen LogP contribution in [0.2, 0.25) is 0 Å². The first-order valence-electron chi connectivity index (χ1n) is 6.60. The summed E-state index contributed by atoms with van der Waals surface area (Å²) >= 11 is 0. The fraction of sp³-hybridized carbons (Fsp3) is 0.467. The van der Waals surface area contributed by atoms with Crippen molar-refractivity contribution >= 4 is 11.9 Å². The van der Waals surface area contributed by atoms with Crippen LogP contribution in [0.5, 0.6) is 0 Å². The molecule has 2 fully saturated rings. The first kappa shape index (κ1) is 12.2. The molecule has 100 valence electrons. The number of benzene rings is 1. The molecule has 5 atom stereocenters. The largest absolute Gasteiger partial charge is 0.481 e. The first-order valence-corrected chi connectivity index (χ1v) is 6.60. The molecule has 2 bridgehead atoms. The van der Waals surface area contributed by atoms with Crippen molar-refractivity contribution in [1.29, 1.82) is 0 Å². The van der Waals surface area contributed by atoms with Crippen molar-refractivity contribution in [3.05, 3.63) is 35.9 Å². The summed E-state index contributed by atoms with van der Waals surface area (Å²) in [6.45, 7) is 0. The van der Waals surface area contributed by atoms with Gasteiger partial charge in [0.15, 0.2) is 0 Å². The standard InChI is InChI=1S/C15H16O4/c16-14(17)12-9-6-10(8-4-2-1-3-5-8)11(7-9)13(12)15(18)19/h1-5,9-13H,6-7H2,(H,16,17)(H,18,19)/t9-,10-,11+,12+,13+/m0/s1. The van der Waals surface area contributed by atoms with Crippen LogP contribution in [0.25, 0.3) is 0 Å². The molecule has 0 aliphatic heterocycles. The van der Waals surface area contributed by atoms with Gasteiger partial charge in [-0.15, -0.1) is 0 Å². The van der Waals surface area contributed by atoms with E-state index in [9.17, 15) is 19.8 Å². The summed E-state index contributed by atoms with van der Waals surface area (Å²) in [7, 11) is 0. The van der Waals surface area contributed by atoms with Crippen molar-refractivity contribution in [3.63, 3.8) is 0 Å². The Kier molecular flexibility index (Phi) is 2.81. The Morgan fingerprint density at radius 1 is 0.947 bits per heavy atom. The van der Waals surface area contributed by atoms with Gasteiger partial charge < -0.3 is 10.2 Å². The van der Waals surface area contributed by atoms with E-state index in [4.69, 9.17) is 0 Å². The molecule has 2 aliphatic carbocycles. The van der Waals surface area contributed by atoms with Crippen LogP contribution in [-0.4, -0.2) is 22.2 Å². The number of carboxylic acids is 2. The van der Waals surface area contributed by atoms with Crippen LogP contribution < -0.4 is 0 Å². The van der Waals surface area contributed by atoms with Crippen molar-refractivity contribution in [2.75, 3.05) is 0 Å². The van der Waals surface area contributed by atoms with Crippen molar-refractivity contribution in [2.24, 2.45) is 23.7 Å². The van der Waals surface area contributed by atoms with Crippen LogP contribution in [0.15, 0.2) is 30.3 Å². The third-order valence-corrected chi connectivity index (χ3v) is 4.80. The molecule has 0 aromatic heterocycles. The maximum Gasteiger partial charge on any atom is 0.307 e. The van der Waals surface area contributed by atoms with Gasteiger partial charge in [0.25, 0.3) is 0 Å². The molecule has 0 amide bonds. The van der Waals surface area contributed by atoms with Crippen LogP contribution >= 0.6 is 0 Å². The summed E-state index contributed by atoms with van der Waals surface area (Å²) in [6, 6.07) is 9.86. The Morgan fingerprint density at radius 2 is 1.58 bits per heavy atom. The zero-order chi connectivity index (χ0) is 13.6. The van der Waals surface area contributed by atoms with Crippen LogP contribution in [-0.2, 0) is 9.59 Å². The molecule has 4 nitrogen and oxygen atoms in total. The monoisotopic (exact) mass is 260 g/mol. The number of carbonyl (C=O) groups is 2. The van der Waals surface area contributed by atoms with E-state index in [1.807, 2.05) is 30.3 Å². The zero-order valence-corrected chi connectivity index (χ0v) is 10.4. The lowest BCUT2D eigenvalue weighted by atomic mass is 9.71. The van der Waals surface area contributed by atoms with Gasteiger partial charge in [0, 0.05) is 0 Å². The third kappa shape index (κ3) is 1.82. The van der Waals surface area contributed by atoms with E-state index in [2.05, 4.69) is 0 Å². The number of hydrogen-bond acceptors (Lipinski definition) is 2. The summed E-state index contributed by atoms with van der Waals surface area (Å²) in [4.78, 5) is 22.7. The van der Waals surface area contributed by atoms with Crippen molar-refractivity contribution in [2.45, 2.75) is 18.8 Å². The molecule has 2 aliphatic rings. The Balaban J connectivity index is 1.92. The Labute approximate surface area is 111 Å². The Morgan fingerprint density at radius 3 is 2.16 bits per heavy atom. The number of rotatable bonds is 3. The van der Waals surface area contributed by atoms with Gasteiger partial charge in [-0.1, -0.05) is 30.3 Å². The zero-order valence-electron chi connectivity index (χ0n) is 10.4. The lowest BCUT2D eigenvalue weighted by Gasteiger charge is -2.31. The molecule has 0 heterocycles. The number of hydrogen-bond donors (Lipinski definition) is 2. The molecular formula is C15H16O4. The maximum absolute atomic E-state index is 11.4. The minimum absolute atomic E-state index is 0.00815. The average Bonchev–Trinajstić information content (AvgIpc) is 2.96. The molecule has 19 heavy (non-hydrogen) atoms. The highest BCUT2D eigenvalue weighted by atomic mass is 16.4. The van der Waals surface area contributed by atoms with Gasteiger partial charge in [0.2, 0.25) is 0 Å². The summed E-state index contributed by atoms with van der Waals surface area (Å²) in [5.41, 5.74) is 1.14. The molecule has 2 saturated carbocycles. The summed E-state index contributed by atoms with van der Waals surface area (Å²) in [5.74, 6) is -3.18. The van der Waals surface area contributed by atoms with Gasteiger partial charge >= 0.3 is 11.9 Å². The molecule has 1 aromatic rings. The predicted octanol–water partition coefficient (Wildman–Crippen LogP) is 2.21. The maximum atomic E-state index is 11.4. The quantitative estimate of drug-likeness (QED) is 0.873. The lowest BCUT2D eigenvalue weighted by molar-refractivity contribution is -0.156. The second kappa shape index (κ2) is 4.37. The van der Waals surface area contributed by atoms with E-state index in [1.54, 1.807) is 0 Å². The molecule has 0 saturated heterocycles. The summed E-state index contributed by atoms with van der Waals surface area (Å²) in [6.07, 6.45) is 1.53. The van der Waals surface area contributed by atoms with Gasteiger partial charge in [0.05, 0.1) is 11.8 Å². The van der Waals surface area contributed by atoms with Gasteiger partial charge in [-0.3, -0.25) is 9.59 Å². The van der Waals surface area contributed by atoms with Crippen molar-refractivity contribution in [3.8, 4) is 0 Å². The molecule has 2 N–H and O–H groups in total. The van der Waals surface area contributed by atoms with Gasteiger partial charge in [0.1, 0.15) is 0 Å². The molecule has 1 aromatic carbocycles. The SMILES string of the molecule is O=C(O)[C@@H]1[C@@H]2C[C@@H]([C@H]1C(=O)O)[C@H](c1ccccc1)C2. The van der Waals surface area contributed by atoms with Crippen molar-refractivity contribution in [1.82, 2.24) is 0 Å². The van der Waals surface area contributed by atoms with Gasteiger partial charge in [-0.25, -0.2) is 0 Å². The lowest BCUT2D eigenvalue weighted by Crippen LogP contribution is -2.37. The molecule has 0 unspecified atom stereocenters. The first-order chi connectivity index (χ1) is 9.09. The fourth-order valence-corrected chi connectivity index (χ4v) is 4.14. The van der Waals surface area contributed by atoms with E-state index in [0.29, 0.717) is 0 Å². The topological polar surface area (TPSA) is 74.6 Å². The molecule has 4 heteroatoms. The molecule has 0 spiro atoms. The highest BCUT2D eigenvalue weighted by Crippen LogP contribution is 2.58. The normalized spacial score (nSPS) is 36.3. The van der Waals surface area contributed by atoms with E-state index in [0.717, 1.165) is 18.4 Å². The average molecular weight is 260 g/mol. The summed E-state index contributed by atoms with van der Waals surface area (Å²) in [5, 5.41) is 18.6. The number of aliphatic carboxylic acids is 2. The highest BCUT2D eigenvalue weighted by Gasteiger charge is 2.58. The van der Waals surface area contributed by atoms with E-state index >= 15 is 0 Å². The Hall–Kier alpha value is -1.84. The number of fused-ring (bicyclic) bond motifs is 2. The fourth-order valence-electron chi connectivity index (χ4n) is 4.14. The predicted molar refractivity (Wildman–Crippen MR) is 67.6 cm³/mol. The van der Waals surface area contributed by atoms with Crippen LogP contribution in [0.1, 0.15) is 24.3 Å². The third-order valence-electron chi connectivity index (χ3n) is 4.80. The molecular weight excluding hydrogens is 244 g/mol. The van der Waals surface area contributed by atoms with Gasteiger partial charge in [-0.2, -0.15) is 0 Å². The second-order valence-electron chi connectivity index (χ2n) is 5.64. The minimum Gasteiger partial charge on any atom is -0.481 e. The van der Waals surface area contributed by atoms with Crippen LogP contribution in [0.3, 0.4) is 0 Å². The summed E-state index contributed by atoms with van der Waals surface area (Å²) < 4.78 is 0. The van der Waals surface area contributed by atoms with E-state index in [1.165, 1.54) is 0 Å². The Bertz CT molecular complexity index is 510. The number of carboxylic acid groups (broad SMARTS) is 2. The van der Waals surface area contributed by atoms with E-state index < -0.39 is 23.8 Å². The van der Waals surface area contributed by atoms with Crippen molar-refractivity contribution < 1.29 is 19.8 Å². The van der Waals surface area contributed by atoms with E-state index in [-0.39, 0.29) is 17.8 Å². The molecule has 0 radical (unpaired) electrons. The second-order valence-corrected chi connectivity index (χ2v) is 5.64. The molecule has 3 rings (SSSR count). The van der Waals surface area contributed by atoms with Gasteiger partial charge in [-0.05, 0) is 36.2 Å². The smallest absolute Gasteiger partial charge is 0.307 e.